The van der Waals surface area contributed by atoms with Crippen molar-refractivity contribution in [3.8, 4) is 0 Å². The molecule has 0 bridgehead atoms. The lowest BCUT2D eigenvalue weighted by atomic mass is 10.0. The van der Waals surface area contributed by atoms with E-state index >= 15 is 0 Å². The molecule has 2 aliphatic heterocycles. The maximum atomic E-state index is 12.6. The van der Waals surface area contributed by atoms with Crippen molar-refractivity contribution < 1.29 is 17.4 Å². The first kappa shape index (κ1) is 18.2. The lowest BCUT2D eigenvalue weighted by Crippen LogP contribution is -2.40. The maximum absolute atomic E-state index is 12.6. The molecule has 1 atom stereocenters. The number of hydrogen-bond donors (Lipinski definition) is 0. The van der Waals surface area contributed by atoms with Crippen LogP contribution >= 0.6 is 0 Å². The highest BCUT2D eigenvalue weighted by Crippen LogP contribution is 2.31. The molecular weight excluding hydrogens is 368 g/mol. The van der Waals surface area contributed by atoms with Gasteiger partial charge in [0.25, 0.3) is 16.0 Å². The topological polar surface area (TPSA) is 84.7 Å². The molecule has 2 aromatic heterocycles. The van der Waals surface area contributed by atoms with E-state index in [1.54, 1.807) is 4.90 Å². The van der Waals surface area contributed by atoms with Crippen molar-refractivity contribution in [3.05, 3.63) is 23.4 Å². The molecule has 4 heterocycles. The Morgan fingerprint density at radius 3 is 2.74 bits per heavy atom. The molecule has 0 aromatic carbocycles. The van der Waals surface area contributed by atoms with Gasteiger partial charge in [-0.1, -0.05) is 0 Å². The van der Waals surface area contributed by atoms with E-state index in [4.69, 9.17) is 9.17 Å². The summed E-state index contributed by atoms with van der Waals surface area (Å²) in [5, 5.41) is 0.869. The van der Waals surface area contributed by atoms with Gasteiger partial charge in [0.2, 0.25) is 0 Å². The Kier molecular flexibility index (Phi) is 4.38. The Bertz CT molecular complexity index is 1010. The number of fused-ring (bicyclic) bond motifs is 3. The number of hydrogen-bond acceptors (Lipinski definition) is 6. The van der Waals surface area contributed by atoms with E-state index in [1.165, 1.54) is 0 Å². The van der Waals surface area contributed by atoms with Crippen molar-refractivity contribution in [1.29, 1.82) is 0 Å². The van der Waals surface area contributed by atoms with Crippen LogP contribution in [0.5, 0.6) is 0 Å². The van der Waals surface area contributed by atoms with Gasteiger partial charge in [-0.15, -0.1) is 0 Å². The van der Waals surface area contributed by atoms with Gasteiger partial charge in [-0.3, -0.25) is 8.98 Å². The zero-order chi connectivity index (χ0) is 19.3. The number of aromatic nitrogens is 2. The highest BCUT2D eigenvalue weighted by molar-refractivity contribution is 7.86. The summed E-state index contributed by atoms with van der Waals surface area (Å²) in [6.07, 6.45) is 3.09. The quantitative estimate of drug-likeness (QED) is 0.729. The minimum atomic E-state index is -3.48. The van der Waals surface area contributed by atoms with Crippen LogP contribution in [0.25, 0.3) is 11.0 Å². The van der Waals surface area contributed by atoms with E-state index in [1.807, 2.05) is 30.8 Å². The fourth-order valence-electron chi connectivity index (χ4n) is 4.09. The van der Waals surface area contributed by atoms with E-state index in [0.29, 0.717) is 19.5 Å². The summed E-state index contributed by atoms with van der Waals surface area (Å²) in [6.45, 7) is 1.99. The Hall–Kier alpha value is -2.13. The van der Waals surface area contributed by atoms with Gasteiger partial charge in [0, 0.05) is 51.2 Å². The Labute approximate surface area is 158 Å². The summed E-state index contributed by atoms with van der Waals surface area (Å²) in [7, 11) is 0.290. The summed E-state index contributed by atoms with van der Waals surface area (Å²) in [5.41, 5.74) is 2.55. The third-order valence-corrected chi connectivity index (χ3v) is 6.02. The molecule has 4 rings (SSSR count). The number of anilines is 1. The monoisotopic (exact) mass is 392 g/mol. The number of rotatable bonds is 3. The molecule has 27 heavy (non-hydrogen) atoms. The predicted molar refractivity (Wildman–Crippen MR) is 103 cm³/mol. The highest BCUT2D eigenvalue weighted by atomic mass is 32.2. The van der Waals surface area contributed by atoms with E-state index in [0.717, 1.165) is 53.8 Å². The number of carbonyl (C=O) groups is 1. The van der Waals surface area contributed by atoms with Gasteiger partial charge in [0.1, 0.15) is 11.5 Å². The van der Waals surface area contributed by atoms with Crippen LogP contribution in [0, 0.1) is 0 Å². The van der Waals surface area contributed by atoms with E-state index in [9.17, 15) is 13.2 Å². The molecule has 146 valence electrons. The highest BCUT2D eigenvalue weighted by Gasteiger charge is 2.30. The average molecular weight is 392 g/mol. The van der Waals surface area contributed by atoms with E-state index in [-0.39, 0.29) is 12.0 Å². The second kappa shape index (κ2) is 6.49. The first-order chi connectivity index (χ1) is 12.7. The van der Waals surface area contributed by atoms with Crippen molar-refractivity contribution in [2.24, 2.45) is 7.05 Å². The van der Waals surface area contributed by atoms with Crippen LogP contribution in [0.15, 0.2) is 12.1 Å². The SMILES string of the molecule is CN1CCc2c(c3ccc(N4CCC[C@@H](OS(C)(=O)=O)C4)nc3n2C)C1=O. The molecule has 9 heteroatoms. The molecule has 0 spiro atoms. The molecule has 2 aromatic rings. The van der Waals surface area contributed by atoms with Crippen LogP contribution in [-0.2, 0) is 27.8 Å². The minimum absolute atomic E-state index is 0.0380. The molecule has 0 saturated carbocycles. The summed E-state index contributed by atoms with van der Waals surface area (Å²) in [6, 6.07) is 3.86. The van der Waals surface area contributed by atoms with Gasteiger partial charge < -0.3 is 14.4 Å². The largest absolute Gasteiger partial charge is 0.354 e. The molecule has 1 saturated heterocycles. The number of piperidine rings is 1. The fraction of sp³-hybridized carbons (Fsp3) is 0.556. The molecule has 2 aliphatic rings. The lowest BCUT2D eigenvalue weighted by molar-refractivity contribution is 0.0781. The molecular formula is C18H24N4O4S. The normalized spacial score (nSPS) is 21.0. The second-order valence-electron chi connectivity index (χ2n) is 7.41. The molecule has 0 radical (unpaired) electrons. The van der Waals surface area contributed by atoms with Crippen LogP contribution in [0.4, 0.5) is 5.82 Å². The zero-order valence-electron chi connectivity index (χ0n) is 15.8. The predicted octanol–water partition coefficient (Wildman–Crippen LogP) is 1.15. The number of carbonyl (C=O) groups excluding carboxylic acids is 1. The number of pyridine rings is 1. The van der Waals surface area contributed by atoms with Crippen molar-refractivity contribution >= 4 is 32.9 Å². The van der Waals surface area contributed by atoms with Gasteiger partial charge in [-0.05, 0) is 25.0 Å². The van der Waals surface area contributed by atoms with E-state index in [2.05, 4.69) is 4.90 Å². The Morgan fingerprint density at radius 2 is 2.00 bits per heavy atom. The van der Waals surface area contributed by atoms with Crippen LogP contribution in [-0.4, -0.2) is 67.8 Å². The molecule has 0 unspecified atom stereocenters. The van der Waals surface area contributed by atoms with Crippen molar-refractivity contribution in [2.45, 2.75) is 25.4 Å². The minimum Gasteiger partial charge on any atom is -0.354 e. The summed E-state index contributed by atoms with van der Waals surface area (Å²) >= 11 is 0. The van der Waals surface area contributed by atoms with Crippen molar-refractivity contribution in [3.63, 3.8) is 0 Å². The summed E-state index contributed by atoms with van der Waals surface area (Å²) in [4.78, 5) is 21.2. The average Bonchev–Trinajstić information content (AvgIpc) is 2.89. The van der Waals surface area contributed by atoms with Gasteiger partial charge >= 0.3 is 0 Å². The molecule has 0 aliphatic carbocycles. The van der Waals surface area contributed by atoms with E-state index < -0.39 is 10.1 Å². The molecule has 8 nitrogen and oxygen atoms in total. The third kappa shape index (κ3) is 3.29. The van der Waals surface area contributed by atoms with Gasteiger partial charge in [-0.25, -0.2) is 4.98 Å². The van der Waals surface area contributed by atoms with Crippen molar-refractivity contribution in [1.82, 2.24) is 14.5 Å². The van der Waals surface area contributed by atoms with Crippen LogP contribution < -0.4 is 4.90 Å². The van der Waals surface area contributed by atoms with Gasteiger partial charge in [0.05, 0.1) is 17.9 Å². The van der Waals surface area contributed by atoms with Crippen molar-refractivity contribution in [2.75, 3.05) is 37.8 Å². The van der Waals surface area contributed by atoms with Gasteiger partial charge in [-0.2, -0.15) is 8.42 Å². The molecule has 0 N–H and O–H groups in total. The number of nitrogens with zero attached hydrogens (tertiary/aromatic N) is 4. The fourth-order valence-corrected chi connectivity index (χ4v) is 4.74. The Balaban J connectivity index is 1.68. The maximum Gasteiger partial charge on any atom is 0.264 e. The lowest BCUT2D eigenvalue weighted by Gasteiger charge is -2.32. The van der Waals surface area contributed by atoms with Gasteiger partial charge in [0.15, 0.2) is 0 Å². The smallest absolute Gasteiger partial charge is 0.264 e. The van der Waals surface area contributed by atoms with Crippen LogP contribution in [0.2, 0.25) is 0 Å². The molecule has 1 fully saturated rings. The summed E-state index contributed by atoms with van der Waals surface area (Å²) in [5.74, 6) is 0.819. The van der Waals surface area contributed by atoms with Crippen LogP contribution in [0.1, 0.15) is 28.9 Å². The van der Waals surface area contributed by atoms with Crippen LogP contribution in [0.3, 0.4) is 0 Å². The zero-order valence-corrected chi connectivity index (χ0v) is 16.6. The molecule has 1 amide bonds. The number of likely N-dealkylation sites (N-methyl/N-ethyl adjacent to an activating group) is 1. The Morgan fingerprint density at radius 1 is 1.22 bits per heavy atom. The standard InChI is InChI=1S/C18H24N4O4S/c1-20-10-8-14-16(18(20)23)13-6-7-15(19-17(13)21(14)2)22-9-4-5-12(11-22)26-27(3,24)25/h6-7,12H,4-5,8-11H2,1-3H3/t12-/m1/s1. The first-order valence-electron chi connectivity index (χ1n) is 9.11. The number of aryl methyl sites for hydroxylation is 1. The first-order valence-corrected chi connectivity index (χ1v) is 10.9. The second-order valence-corrected chi connectivity index (χ2v) is 9.01. The third-order valence-electron chi connectivity index (χ3n) is 5.40. The summed E-state index contributed by atoms with van der Waals surface area (Å²) < 4.78 is 30.1. The number of amides is 1.